The van der Waals surface area contributed by atoms with E-state index in [0.717, 1.165) is 16.8 Å². The first kappa shape index (κ1) is 30.5. The average Bonchev–Trinajstić information content (AvgIpc) is 3.89. The Morgan fingerprint density at radius 2 is 1.12 bits per heavy atom. The van der Waals surface area contributed by atoms with Crippen LogP contribution in [0.3, 0.4) is 0 Å². The summed E-state index contributed by atoms with van der Waals surface area (Å²) in [5, 5.41) is 0. The minimum atomic E-state index is -2.78. The van der Waals surface area contributed by atoms with Crippen LogP contribution in [-0.2, 0) is 9.31 Å². The van der Waals surface area contributed by atoms with Crippen molar-refractivity contribution in [2.24, 2.45) is 4.99 Å². The molecule has 246 valence electrons. The predicted molar refractivity (Wildman–Crippen MR) is 178 cm³/mol. The fourth-order valence-corrected chi connectivity index (χ4v) is 5.71. The third-order valence-corrected chi connectivity index (χ3v) is 7.98. The lowest BCUT2D eigenvalue weighted by atomic mass is 10.0. The smallest absolute Gasteiger partial charge is 0.610 e. The van der Waals surface area contributed by atoms with E-state index in [1.807, 2.05) is 60.7 Å². The molecule has 1 spiro atoms. The van der Waals surface area contributed by atoms with Crippen LogP contribution in [0, 0.1) is 0 Å². The van der Waals surface area contributed by atoms with Crippen molar-refractivity contribution in [2.45, 2.75) is 0 Å². The lowest BCUT2D eigenvalue weighted by Crippen LogP contribution is -2.52. The second kappa shape index (κ2) is 12.2. The van der Waals surface area contributed by atoms with Gasteiger partial charge in [-0.15, -0.1) is 0 Å². The zero-order valence-corrected chi connectivity index (χ0v) is 27.1. The van der Waals surface area contributed by atoms with Gasteiger partial charge in [0, 0.05) is 22.9 Å². The van der Waals surface area contributed by atoms with E-state index in [4.69, 9.17) is 52.0 Å². The van der Waals surface area contributed by atoms with Gasteiger partial charge in [0.05, 0.1) is 54.1 Å². The number of nitrogens with zero attached hydrogens (tertiary/aromatic N) is 1. The topological polar surface area (TPSA) is 120 Å². The first-order chi connectivity index (χ1) is 23.4. The van der Waals surface area contributed by atoms with Crippen LogP contribution in [0.5, 0.6) is 46.0 Å². The SMILES string of the molecule is COc1cc(C2=NC(=C3C=C(c4ccc(-c5cc(OC)c(OC)c(OC)c5)[nH]4)O[B-]4(O3)Oc3ccccc3O4)C=C2)cc(OC)c1OC. The number of allylic oxidation sites excluding steroid dienone is 3. The highest BCUT2D eigenvalue weighted by Gasteiger charge is 2.50. The predicted octanol–water partition coefficient (Wildman–Crippen LogP) is 6.30. The van der Waals surface area contributed by atoms with Crippen LogP contribution in [-0.4, -0.2) is 60.3 Å². The maximum absolute atomic E-state index is 6.37. The summed E-state index contributed by atoms with van der Waals surface area (Å²) in [5.41, 5.74) is 4.16. The maximum atomic E-state index is 6.37. The molecule has 48 heavy (non-hydrogen) atoms. The van der Waals surface area contributed by atoms with Gasteiger partial charge in [-0.3, -0.25) is 0 Å². The number of aromatic amines is 1. The Kier molecular flexibility index (Phi) is 7.79. The van der Waals surface area contributed by atoms with Crippen molar-refractivity contribution < 1.29 is 47.0 Å². The molecule has 1 aromatic heterocycles. The summed E-state index contributed by atoms with van der Waals surface area (Å²) in [5.74, 6) is 4.85. The zero-order chi connectivity index (χ0) is 33.4. The van der Waals surface area contributed by atoms with E-state index in [1.165, 1.54) is 0 Å². The van der Waals surface area contributed by atoms with Crippen LogP contribution in [0.15, 0.2) is 95.3 Å². The number of hydrogen-bond acceptors (Lipinski definition) is 11. The molecule has 0 unspecified atom stereocenters. The van der Waals surface area contributed by atoms with Crippen molar-refractivity contribution in [1.29, 1.82) is 0 Å². The molecular weight excluding hydrogens is 619 g/mol. The van der Waals surface area contributed by atoms with E-state index >= 15 is 0 Å². The fraction of sp³-hybridized carbons (Fsp3) is 0.171. The molecule has 0 radical (unpaired) electrons. The molecule has 12 nitrogen and oxygen atoms in total. The molecule has 0 saturated carbocycles. The van der Waals surface area contributed by atoms with E-state index in [-0.39, 0.29) is 0 Å². The third kappa shape index (κ3) is 5.28. The van der Waals surface area contributed by atoms with Crippen molar-refractivity contribution in [3.63, 3.8) is 0 Å². The third-order valence-electron chi connectivity index (χ3n) is 7.98. The number of methoxy groups -OCH3 is 6. The van der Waals surface area contributed by atoms with Crippen molar-refractivity contribution in [3.8, 4) is 57.3 Å². The van der Waals surface area contributed by atoms with Crippen LogP contribution >= 0.6 is 0 Å². The fourth-order valence-electron chi connectivity index (χ4n) is 5.71. The summed E-state index contributed by atoms with van der Waals surface area (Å²) < 4.78 is 58.3. The van der Waals surface area contributed by atoms with Gasteiger partial charge >= 0.3 is 6.96 Å². The summed E-state index contributed by atoms with van der Waals surface area (Å²) in [6, 6.07) is 18.5. The minimum Gasteiger partial charge on any atom is -0.610 e. The molecular formula is C35H32BN2O10-. The number of benzene rings is 3. The first-order valence-corrected chi connectivity index (χ1v) is 14.9. The van der Waals surface area contributed by atoms with Gasteiger partial charge in [-0.1, -0.05) is 12.1 Å². The molecule has 0 aliphatic carbocycles. The summed E-state index contributed by atoms with van der Waals surface area (Å²) in [7, 11) is 9.41. The maximum Gasteiger partial charge on any atom is 0.777 e. The Bertz CT molecular complexity index is 1950. The van der Waals surface area contributed by atoms with Crippen LogP contribution < -0.4 is 37.7 Å². The second-order valence-electron chi connectivity index (χ2n) is 10.7. The lowest BCUT2D eigenvalue weighted by Gasteiger charge is -2.40. The van der Waals surface area contributed by atoms with Gasteiger partial charge in [-0.05, 0) is 60.7 Å². The van der Waals surface area contributed by atoms with Crippen LogP contribution in [0.1, 0.15) is 11.3 Å². The number of rotatable bonds is 9. The molecule has 4 aromatic rings. The molecule has 0 saturated heterocycles. The molecule has 3 aliphatic rings. The number of hydrogen-bond donors (Lipinski definition) is 1. The summed E-state index contributed by atoms with van der Waals surface area (Å²) >= 11 is 0. The number of para-hydroxylation sites is 2. The molecule has 0 amide bonds. The van der Waals surface area contributed by atoms with Gasteiger partial charge < -0.3 is 52.0 Å². The number of H-pyrrole nitrogens is 1. The molecule has 13 heteroatoms. The monoisotopic (exact) mass is 651 g/mol. The molecule has 3 aromatic carbocycles. The van der Waals surface area contributed by atoms with Crippen molar-refractivity contribution >= 4 is 18.4 Å². The second-order valence-corrected chi connectivity index (χ2v) is 10.7. The molecule has 0 fully saturated rings. The standard InChI is InChI=1S/C35H32BN2O10/c1-39-30-15-20(16-31(40-2)34(30)43-5)22-11-13-24(37-22)28-19-29(48-36(47-28)45-26-9-7-8-10-27(26)46-36)25-14-12-23(38-25)21-17-32(41-3)35(44-6)33(18-21)42-4/h7-19,37H,1-6H3/q-1. The Hall–Kier alpha value is -6.11. The van der Waals surface area contributed by atoms with Crippen LogP contribution in [0.25, 0.3) is 17.0 Å². The van der Waals surface area contributed by atoms with Crippen molar-refractivity contribution in [1.82, 2.24) is 4.98 Å². The lowest BCUT2D eigenvalue weighted by molar-refractivity contribution is 0.130. The van der Waals surface area contributed by atoms with Gasteiger partial charge in [-0.25, -0.2) is 4.99 Å². The summed E-state index contributed by atoms with van der Waals surface area (Å²) in [6.45, 7) is -2.78. The Labute approximate surface area is 276 Å². The average molecular weight is 651 g/mol. The minimum absolute atomic E-state index is 0.381. The highest BCUT2D eigenvalue weighted by molar-refractivity contribution is 6.58. The summed E-state index contributed by atoms with van der Waals surface area (Å²) in [4.78, 5) is 8.32. The number of nitrogens with one attached hydrogen (secondary N) is 1. The van der Waals surface area contributed by atoms with Gasteiger partial charge in [0.25, 0.3) is 0 Å². The summed E-state index contributed by atoms with van der Waals surface area (Å²) in [6.07, 6.45) is 5.46. The normalized spacial score (nSPS) is 16.9. The van der Waals surface area contributed by atoms with Crippen molar-refractivity contribution in [3.05, 3.63) is 102 Å². The molecule has 7 rings (SSSR count). The largest absolute Gasteiger partial charge is 0.777 e. The molecule has 1 N–H and O–H groups in total. The van der Waals surface area contributed by atoms with E-state index in [2.05, 4.69) is 4.98 Å². The Balaban J connectivity index is 1.29. The number of aliphatic imine (C=N–C) groups is 1. The molecule has 0 bridgehead atoms. The van der Waals surface area contributed by atoms with Gasteiger partial charge in [0.2, 0.25) is 11.5 Å². The number of ether oxygens (including phenoxy) is 6. The van der Waals surface area contributed by atoms with Crippen LogP contribution in [0.4, 0.5) is 0 Å². The molecule has 3 aliphatic heterocycles. The Morgan fingerprint density at radius 1 is 0.583 bits per heavy atom. The van der Waals surface area contributed by atoms with Gasteiger partial charge in [-0.2, -0.15) is 0 Å². The van der Waals surface area contributed by atoms with Gasteiger partial charge in [0.15, 0.2) is 23.0 Å². The van der Waals surface area contributed by atoms with E-state index in [9.17, 15) is 0 Å². The number of aromatic nitrogens is 1. The molecule has 4 heterocycles. The Morgan fingerprint density at radius 3 is 1.67 bits per heavy atom. The number of fused-ring (bicyclic) bond motifs is 1. The highest BCUT2D eigenvalue weighted by Crippen LogP contribution is 2.45. The molecule has 0 atom stereocenters. The van der Waals surface area contributed by atoms with Crippen molar-refractivity contribution in [2.75, 3.05) is 42.7 Å². The van der Waals surface area contributed by atoms with E-state index in [0.29, 0.717) is 74.6 Å². The van der Waals surface area contributed by atoms with E-state index in [1.54, 1.807) is 60.9 Å². The van der Waals surface area contributed by atoms with E-state index < -0.39 is 6.96 Å². The zero-order valence-electron chi connectivity index (χ0n) is 27.1. The van der Waals surface area contributed by atoms with Crippen LogP contribution in [0.2, 0.25) is 0 Å². The quantitative estimate of drug-likeness (QED) is 0.207. The first-order valence-electron chi connectivity index (χ1n) is 14.9. The highest BCUT2D eigenvalue weighted by atomic mass is 16.9. The van der Waals surface area contributed by atoms with Gasteiger partial charge in [0.1, 0.15) is 28.7 Å².